The lowest BCUT2D eigenvalue weighted by atomic mass is 9.94. The number of benzene rings is 3. The Morgan fingerprint density at radius 1 is 0.973 bits per heavy atom. The molecule has 2 amide bonds. The maximum absolute atomic E-state index is 14.0. The van der Waals surface area contributed by atoms with Crippen molar-refractivity contribution in [3.8, 4) is 5.75 Å². The number of nitrogens with zero attached hydrogens (tertiary/aromatic N) is 4. The quantitative estimate of drug-likeness (QED) is 0.382. The summed E-state index contributed by atoms with van der Waals surface area (Å²) in [5.74, 6) is 0.209. The number of hydrogen-bond donors (Lipinski definition) is 1. The van der Waals surface area contributed by atoms with Crippen LogP contribution >= 0.6 is 0 Å². The molecule has 0 aliphatic heterocycles. The molecule has 1 atom stereocenters. The highest BCUT2D eigenvalue weighted by molar-refractivity contribution is 6.01. The molecule has 1 aliphatic rings. The van der Waals surface area contributed by atoms with Gasteiger partial charge in [0.05, 0.1) is 12.6 Å². The first-order valence-corrected chi connectivity index (χ1v) is 12.7. The Morgan fingerprint density at radius 2 is 1.68 bits per heavy atom. The Morgan fingerprint density at radius 3 is 2.41 bits per heavy atom. The van der Waals surface area contributed by atoms with Crippen molar-refractivity contribution < 1.29 is 14.3 Å². The number of methoxy groups -OCH3 is 1. The van der Waals surface area contributed by atoms with Gasteiger partial charge in [-0.1, -0.05) is 66.9 Å². The van der Waals surface area contributed by atoms with Crippen LogP contribution < -0.4 is 15.0 Å². The number of fused-ring (bicyclic) bond motifs is 1. The van der Waals surface area contributed by atoms with E-state index in [-0.39, 0.29) is 24.4 Å². The first kappa shape index (κ1) is 24.5. The molecule has 1 heterocycles. The van der Waals surface area contributed by atoms with Crippen molar-refractivity contribution in [2.75, 3.05) is 12.0 Å². The SMILES string of the molecule is COc1ccc(N(C(=O)Cn2nnc3ccccc32)C(C(=O)NC2CCCCC2)c2ccccc2)cc1. The fourth-order valence-corrected chi connectivity index (χ4v) is 5.00. The molecule has 190 valence electrons. The molecule has 0 saturated heterocycles. The van der Waals surface area contributed by atoms with Crippen molar-refractivity contribution in [1.29, 1.82) is 0 Å². The van der Waals surface area contributed by atoms with E-state index in [4.69, 9.17) is 4.74 Å². The van der Waals surface area contributed by atoms with E-state index in [9.17, 15) is 9.59 Å². The second-order valence-electron chi connectivity index (χ2n) is 9.35. The first-order valence-electron chi connectivity index (χ1n) is 12.7. The third kappa shape index (κ3) is 5.48. The van der Waals surface area contributed by atoms with Crippen molar-refractivity contribution in [3.05, 3.63) is 84.4 Å². The van der Waals surface area contributed by atoms with Gasteiger partial charge in [-0.25, -0.2) is 4.68 Å². The van der Waals surface area contributed by atoms with E-state index in [1.165, 1.54) is 6.42 Å². The lowest BCUT2D eigenvalue weighted by Crippen LogP contribution is -2.48. The minimum atomic E-state index is -0.848. The number of carbonyl (C=O) groups excluding carboxylic acids is 2. The molecule has 1 N–H and O–H groups in total. The largest absolute Gasteiger partial charge is 0.497 e. The lowest BCUT2D eigenvalue weighted by molar-refractivity contribution is -0.127. The molecule has 3 aromatic carbocycles. The average Bonchev–Trinajstić information content (AvgIpc) is 3.35. The van der Waals surface area contributed by atoms with E-state index in [2.05, 4.69) is 15.6 Å². The highest BCUT2D eigenvalue weighted by atomic mass is 16.5. The number of ether oxygens (including phenoxy) is 1. The van der Waals surface area contributed by atoms with Gasteiger partial charge in [-0.3, -0.25) is 14.5 Å². The van der Waals surface area contributed by atoms with E-state index in [1.807, 2.05) is 54.6 Å². The predicted octanol–water partition coefficient (Wildman–Crippen LogP) is 4.66. The third-order valence-corrected chi connectivity index (χ3v) is 6.90. The van der Waals surface area contributed by atoms with Gasteiger partial charge in [0.2, 0.25) is 11.8 Å². The number of para-hydroxylation sites is 1. The summed E-state index contributed by atoms with van der Waals surface area (Å²) in [5, 5.41) is 11.6. The van der Waals surface area contributed by atoms with Crippen LogP contribution in [0.15, 0.2) is 78.9 Å². The molecular weight excluding hydrogens is 466 g/mol. The van der Waals surface area contributed by atoms with Gasteiger partial charge in [-0.15, -0.1) is 5.10 Å². The third-order valence-electron chi connectivity index (χ3n) is 6.90. The van der Waals surface area contributed by atoms with Crippen molar-refractivity contribution in [2.45, 2.75) is 50.7 Å². The zero-order valence-corrected chi connectivity index (χ0v) is 20.9. The first-order chi connectivity index (χ1) is 18.1. The molecule has 0 radical (unpaired) electrons. The predicted molar refractivity (Wildman–Crippen MR) is 142 cm³/mol. The fourth-order valence-electron chi connectivity index (χ4n) is 5.00. The molecule has 1 aromatic heterocycles. The van der Waals surface area contributed by atoms with Crippen molar-refractivity contribution in [3.63, 3.8) is 0 Å². The molecule has 8 nitrogen and oxygen atoms in total. The van der Waals surface area contributed by atoms with Crippen LogP contribution in [0.5, 0.6) is 5.75 Å². The van der Waals surface area contributed by atoms with Gasteiger partial charge in [0.15, 0.2) is 0 Å². The summed E-state index contributed by atoms with van der Waals surface area (Å²) in [6, 6.07) is 23.4. The number of nitrogens with one attached hydrogen (secondary N) is 1. The molecule has 8 heteroatoms. The van der Waals surface area contributed by atoms with E-state index in [1.54, 1.807) is 41.0 Å². The van der Waals surface area contributed by atoms with Gasteiger partial charge in [0.25, 0.3) is 0 Å². The molecule has 5 rings (SSSR count). The summed E-state index contributed by atoms with van der Waals surface area (Å²) >= 11 is 0. The maximum Gasteiger partial charge on any atom is 0.249 e. The van der Waals surface area contributed by atoms with Crippen LogP contribution in [0.25, 0.3) is 11.0 Å². The fraction of sp³-hybridized carbons (Fsp3) is 0.310. The van der Waals surface area contributed by atoms with Crippen LogP contribution in [0.3, 0.4) is 0 Å². The van der Waals surface area contributed by atoms with Crippen molar-refractivity contribution in [2.24, 2.45) is 0 Å². The van der Waals surface area contributed by atoms with E-state index < -0.39 is 6.04 Å². The number of aromatic nitrogens is 3. The monoisotopic (exact) mass is 497 g/mol. The molecule has 37 heavy (non-hydrogen) atoms. The van der Waals surface area contributed by atoms with Crippen LogP contribution in [0.4, 0.5) is 5.69 Å². The van der Waals surface area contributed by atoms with Crippen LogP contribution in [0.2, 0.25) is 0 Å². The Labute approximate surface area is 216 Å². The van der Waals surface area contributed by atoms with Gasteiger partial charge in [0, 0.05) is 11.7 Å². The zero-order chi connectivity index (χ0) is 25.6. The lowest BCUT2D eigenvalue weighted by Gasteiger charge is -2.33. The maximum atomic E-state index is 14.0. The zero-order valence-electron chi connectivity index (χ0n) is 20.9. The standard InChI is InChI=1S/C29H31N5O3/c1-37-24-18-16-23(17-19-24)34(27(35)20-33-26-15-9-8-14-25(26)31-32-33)28(21-10-4-2-5-11-21)29(36)30-22-12-6-3-7-13-22/h2,4-5,8-11,14-19,22,28H,3,6-7,12-13,20H2,1H3,(H,30,36). The minimum Gasteiger partial charge on any atom is -0.497 e. The van der Waals surface area contributed by atoms with E-state index in [0.29, 0.717) is 17.0 Å². The molecule has 1 aliphatic carbocycles. The molecule has 0 spiro atoms. The molecular formula is C29H31N5O3. The Bertz CT molecular complexity index is 1350. The van der Waals surface area contributed by atoms with E-state index >= 15 is 0 Å². The van der Waals surface area contributed by atoms with Crippen LogP contribution in [0, 0.1) is 0 Å². The van der Waals surface area contributed by atoms with E-state index in [0.717, 1.165) is 36.8 Å². The molecule has 4 aromatic rings. The summed E-state index contributed by atoms with van der Waals surface area (Å²) in [6.07, 6.45) is 5.29. The highest BCUT2D eigenvalue weighted by Gasteiger charge is 2.34. The number of anilines is 1. The van der Waals surface area contributed by atoms with Gasteiger partial charge < -0.3 is 10.1 Å². The summed E-state index contributed by atoms with van der Waals surface area (Å²) in [4.78, 5) is 29.5. The van der Waals surface area contributed by atoms with Gasteiger partial charge in [0.1, 0.15) is 23.9 Å². The number of carbonyl (C=O) groups is 2. The average molecular weight is 498 g/mol. The summed E-state index contributed by atoms with van der Waals surface area (Å²) in [6.45, 7) is -0.0629. The smallest absolute Gasteiger partial charge is 0.249 e. The number of hydrogen-bond acceptors (Lipinski definition) is 5. The summed E-state index contributed by atoms with van der Waals surface area (Å²) in [7, 11) is 1.60. The Kier molecular flexibility index (Phi) is 7.44. The van der Waals surface area contributed by atoms with Gasteiger partial charge >= 0.3 is 0 Å². The van der Waals surface area contributed by atoms with Crippen molar-refractivity contribution >= 4 is 28.5 Å². The Hall–Kier alpha value is -4.20. The second kappa shape index (κ2) is 11.2. The minimum absolute atomic E-state index is 0.0629. The summed E-state index contributed by atoms with van der Waals surface area (Å²) < 4.78 is 6.91. The van der Waals surface area contributed by atoms with Gasteiger partial charge in [-0.2, -0.15) is 0 Å². The molecule has 1 saturated carbocycles. The second-order valence-corrected chi connectivity index (χ2v) is 9.35. The Balaban J connectivity index is 1.54. The van der Waals surface area contributed by atoms with Crippen LogP contribution in [-0.4, -0.2) is 40.0 Å². The number of rotatable bonds is 8. The molecule has 1 fully saturated rings. The molecule has 0 bridgehead atoms. The van der Waals surface area contributed by atoms with Gasteiger partial charge in [-0.05, 0) is 54.8 Å². The van der Waals surface area contributed by atoms with Crippen LogP contribution in [-0.2, 0) is 16.1 Å². The number of amides is 2. The van der Waals surface area contributed by atoms with Crippen molar-refractivity contribution in [1.82, 2.24) is 20.3 Å². The summed E-state index contributed by atoms with van der Waals surface area (Å²) in [5.41, 5.74) is 2.81. The molecule has 1 unspecified atom stereocenters. The normalized spacial score (nSPS) is 14.7. The van der Waals surface area contributed by atoms with Crippen LogP contribution in [0.1, 0.15) is 43.7 Å². The topological polar surface area (TPSA) is 89.3 Å². The highest BCUT2D eigenvalue weighted by Crippen LogP contribution is 2.31.